The average Bonchev–Trinajstić information content (AvgIpc) is 2.46. The van der Waals surface area contributed by atoms with Crippen LogP contribution in [-0.2, 0) is 6.61 Å². The number of benzene rings is 2. The lowest BCUT2D eigenvalue weighted by Gasteiger charge is -2.09. The summed E-state index contributed by atoms with van der Waals surface area (Å²) in [6.45, 7) is -0.0490. The molecule has 0 aliphatic rings. The molecule has 2 aromatic rings. The van der Waals surface area contributed by atoms with Crippen molar-refractivity contribution in [2.75, 3.05) is 0 Å². The Morgan fingerprint density at radius 2 is 1.95 bits per heavy atom. The van der Waals surface area contributed by atoms with Gasteiger partial charge in [-0.2, -0.15) is 10.5 Å². The van der Waals surface area contributed by atoms with Crippen molar-refractivity contribution in [2.24, 2.45) is 0 Å². The van der Waals surface area contributed by atoms with Crippen LogP contribution in [0.2, 0.25) is 5.02 Å². The van der Waals surface area contributed by atoms with Gasteiger partial charge in [-0.1, -0.05) is 23.7 Å². The zero-order valence-corrected chi connectivity index (χ0v) is 11.0. The number of nitrogens with zero attached hydrogens (tertiary/aromatic N) is 2. The van der Waals surface area contributed by atoms with Crippen LogP contribution >= 0.6 is 11.6 Å². The van der Waals surface area contributed by atoms with Crippen LogP contribution in [-0.4, -0.2) is 0 Å². The lowest BCUT2D eigenvalue weighted by molar-refractivity contribution is 0.299. The van der Waals surface area contributed by atoms with Gasteiger partial charge in [0.15, 0.2) is 0 Å². The highest BCUT2D eigenvalue weighted by atomic mass is 35.5. The van der Waals surface area contributed by atoms with Crippen LogP contribution in [0.5, 0.6) is 5.75 Å². The summed E-state index contributed by atoms with van der Waals surface area (Å²) < 4.78 is 19.1. The molecule has 0 aromatic heterocycles. The van der Waals surface area contributed by atoms with Crippen LogP contribution in [0.3, 0.4) is 0 Å². The Hall–Kier alpha value is -2.56. The summed E-state index contributed by atoms with van der Waals surface area (Å²) in [5.74, 6) is -0.228. The van der Waals surface area contributed by atoms with E-state index < -0.39 is 5.82 Å². The summed E-state index contributed by atoms with van der Waals surface area (Å²) in [6, 6.07) is 12.7. The van der Waals surface area contributed by atoms with Crippen molar-refractivity contribution in [3.05, 3.63) is 63.9 Å². The molecule has 0 heterocycles. The molecule has 98 valence electrons. The van der Waals surface area contributed by atoms with Crippen molar-refractivity contribution >= 4 is 11.6 Å². The second-order valence-electron chi connectivity index (χ2n) is 3.93. The Labute approximate surface area is 120 Å². The summed E-state index contributed by atoms with van der Waals surface area (Å²) in [4.78, 5) is 0. The number of hydrogen-bond donors (Lipinski definition) is 0. The third-order valence-corrected chi connectivity index (χ3v) is 2.97. The molecule has 0 spiro atoms. The van der Waals surface area contributed by atoms with Crippen molar-refractivity contribution in [3.63, 3.8) is 0 Å². The second-order valence-corrected chi connectivity index (χ2v) is 4.34. The third kappa shape index (κ3) is 2.88. The van der Waals surface area contributed by atoms with Crippen LogP contribution in [0.15, 0.2) is 36.4 Å². The van der Waals surface area contributed by atoms with Crippen LogP contribution in [0, 0.1) is 28.5 Å². The lowest BCUT2D eigenvalue weighted by atomic mass is 10.1. The summed E-state index contributed by atoms with van der Waals surface area (Å²) >= 11 is 5.87. The van der Waals surface area contributed by atoms with E-state index in [2.05, 4.69) is 0 Å². The number of rotatable bonds is 3. The van der Waals surface area contributed by atoms with Crippen molar-refractivity contribution in [1.29, 1.82) is 10.5 Å². The molecule has 0 radical (unpaired) electrons. The van der Waals surface area contributed by atoms with Crippen molar-refractivity contribution in [3.8, 4) is 17.9 Å². The largest absolute Gasteiger partial charge is 0.487 e. The first-order chi connectivity index (χ1) is 9.65. The van der Waals surface area contributed by atoms with E-state index in [1.807, 2.05) is 12.1 Å². The number of ether oxygens (including phenoxy) is 1. The van der Waals surface area contributed by atoms with Gasteiger partial charge in [-0.15, -0.1) is 0 Å². The number of hydrogen-bond acceptors (Lipinski definition) is 3. The zero-order valence-electron chi connectivity index (χ0n) is 10.2. The Morgan fingerprint density at radius 3 is 2.60 bits per heavy atom. The minimum Gasteiger partial charge on any atom is -0.487 e. The predicted octanol–water partition coefficient (Wildman–Crippen LogP) is 3.80. The summed E-state index contributed by atoms with van der Waals surface area (Å²) in [5.41, 5.74) is 0.753. The molecular formula is C15H8ClFN2O. The van der Waals surface area contributed by atoms with E-state index >= 15 is 0 Å². The van der Waals surface area contributed by atoms with Crippen molar-refractivity contribution in [2.45, 2.75) is 6.61 Å². The Bertz CT molecular complexity index is 732. The average molecular weight is 287 g/mol. The standard InChI is InChI=1S/C15H8ClFN2O/c16-13-2-1-3-15(12(13)8-19)20-9-11-5-4-10(7-18)6-14(11)17/h1-6H,9H2. The van der Waals surface area contributed by atoms with Crippen LogP contribution in [0.4, 0.5) is 4.39 Å². The SMILES string of the molecule is N#Cc1ccc(COc2cccc(Cl)c2C#N)c(F)c1. The van der Waals surface area contributed by atoms with Gasteiger partial charge in [0, 0.05) is 5.56 Å². The molecule has 0 unspecified atom stereocenters. The van der Waals surface area contributed by atoms with Gasteiger partial charge in [-0.05, 0) is 24.3 Å². The van der Waals surface area contributed by atoms with Gasteiger partial charge < -0.3 is 4.74 Å². The monoisotopic (exact) mass is 286 g/mol. The lowest BCUT2D eigenvalue weighted by Crippen LogP contribution is -2.00. The van der Waals surface area contributed by atoms with E-state index in [9.17, 15) is 4.39 Å². The van der Waals surface area contributed by atoms with Gasteiger partial charge in [0.1, 0.15) is 29.8 Å². The maximum absolute atomic E-state index is 13.7. The molecule has 0 aliphatic heterocycles. The van der Waals surface area contributed by atoms with Gasteiger partial charge in [0.2, 0.25) is 0 Å². The van der Waals surface area contributed by atoms with Crippen LogP contribution < -0.4 is 4.74 Å². The molecule has 0 aliphatic carbocycles. The van der Waals surface area contributed by atoms with E-state index in [0.29, 0.717) is 11.3 Å². The molecule has 20 heavy (non-hydrogen) atoms. The third-order valence-electron chi connectivity index (χ3n) is 2.65. The fourth-order valence-corrected chi connectivity index (χ4v) is 1.83. The van der Waals surface area contributed by atoms with E-state index in [1.165, 1.54) is 12.1 Å². The first kappa shape index (κ1) is 13.9. The highest BCUT2D eigenvalue weighted by Crippen LogP contribution is 2.26. The maximum atomic E-state index is 13.7. The van der Waals surface area contributed by atoms with E-state index in [4.69, 9.17) is 26.9 Å². The molecule has 0 atom stereocenters. The molecule has 2 aromatic carbocycles. The van der Waals surface area contributed by atoms with E-state index in [0.717, 1.165) is 6.07 Å². The summed E-state index contributed by atoms with van der Waals surface area (Å²) in [7, 11) is 0. The fourth-order valence-electron chi connectivity index (χ4n) is 1.62. The van der Waals surface area contributed by atoms with Gasteiger partial charge in [-0.25, -0.2) is 4.39 Å². The Kier molecular flexibility index (Phi) is 4.20. The Balaban J connectivity index is 2.20. The minimum atomic E-state index is -0.524. The van der Waals surface area contributed by atoms with Gasteiger partial charge in [0.05, 0.1) is 16.7 Å². The molecule has 5 heteroatoms. The van der Waals surface area contributed by atoms with E-state index in [1.54, 1.807) is 18.2 Å². The predicted molar refractivity (Wildman–Crippen MR) is 71.6 cm³/mol. The molecule has 3 nitrogen and oxygen atoms in total. The molecule has 0 N–H and O–H groups in total. The highest BCUT2D eigenvalue weighted by Gasteiger charge is 2.09. The maximum Gasteiger partial charge on any atom is 0.139 e. The quantitative estimate of drug-likeness (QED) is 0.862. The number of nitriles is 2. The van der Waals surface area contributed by atoms with Gasteiger partial charge in [-0.3, -0.25) is 0 Å². The second kappa shape index (κ2) is 6.06. The topological polar surface area (TPSA) is 56.8 Å². The highest BCUT2D eigenvalue weighted by molar-refractivity contribution is 6.31. The normalized spacial score (nSPS) is 9.60. The summed E-state index contributed by atoms with van der Waals surface area (Å²) in [6.07, 6.45) is 0. The molecule has 0 saturated carbocycles. The molecule has 0 bridgehead atoms. The van der Waals surface area contributed by atoms with Crippen molar-refractivity contribution < 1.29 is 9.13 Å². The Morgan fingerprint density at radius 1 is 1.15 bits per heavy atom. The first-order valence-corrected chi connectivity index (χ1v) is 6.03. The molecular weight excluding hydrogens is 279 g/mol. The molecule has 2 rings (SSSR count). The van der Waals surface area contributed by atoms with Crippen LogP contribution in [0.1, 0.15) is 16.7 Å². The van der Waals surface area contributed by atoms with Crippen LogP contribution in [0.25, 0.3) is 0 Å². The zero-order chi connectivity index (χ0) is 14.5. The molecule has 0 saturated heterocycles. The number of halogens is 2. The summed E-state index contributed by atoms with van der Waals surface area (Å²) in [5, 5.41) is 17.9. The van der Waals surface area contributed by atoms with Crippen molar-refractivity contribution in [1.82, 2.24) is 0 Å². The van der Waals surface area contributed by atoms with Gasteiger partial charge in [0.25, 0.3) is 0 Å². The minimum absolute atomic E-state index is 0.0490. The first-order valence-electron chi connectivity index (χ1n) is 5.65. The smallest absolute Gasteiger partial charge is 0.139 e. The van der Waals surface area contributed by atoms with Gasteiger partial charge >= 0.3 is 0 Å². The molecule has 0 amide bonds. The molecule has 0 fully saturated rings. The fraction of sp³-hybridized carbons (Fsp3) is 0.0667. The van der Waals surface area contributed by atoms with E-state index in [-0.39, 0.29) is 22.8 Å².